The standard InChI is InChI=1S/C7H5IN2O2/c8-4-1-5-12-7-3-2-6(11)9-10-7/h2-3H,5H2,(H,9,11). The van der Waals surface area contributed by atoms with Crippen LogP contribution in [0.1, 0.15) is 0 Å². The summed E-state index contributed by atoms with van der Waals surface area (Å²) < 4.78 is 7.69. The van der Waals surface area contributed by atoms with Gasteiger partial charge in [0.25, 0.3) is 5.56 Å². The minimum atomic E-state index is -0.248. The van der Waals surface area contributed by atoms with Gasteiger partial charge in [-0.2, -0.15) is 0 Å². The molecule has 0 saturated heterocycles. The first-order valence-corrected chi connectivity index (χ1v) is 4.18. The summed E-state index contributed by atoms with van der Waals surface area (Å²) in [6.07, 6.45) is 0. The molecule has 0 fully saturated rings. The molecule has 0 atom stereocenters. The van der Waals surface area contributed by atoms with Crippen LogP contribution in [0.2, 0.25) is 0 Å². The van der Waals surface area contributed by atoms with Crippen LogP contribution in [0, 0.1) is 9.85 Å². The molecule has 0 amide bonds. The monoisotopic (exact) mass is 276 g/mol. The first-order valence-electron chi connectivity index (χ1n) is 3.10. The van der Waals surface area contributed by atoms with E-state index in [1.165, 1.54) is 12.1 Å². The predicted molar refractivity (Wildman–Crippen MR) is 52.1 cm³/mol. The largest absolute Gasteiger partial charge is 0.463 e. The highest BCUT2D eigenvalue weighted by molar-refractivity contribution is 14.1. The SMILES string of the molecule is O=c1ccc(OCC#CI)n[nH]1. The topological polar surface area (TPSA) is 55.0 Å². The van der Waals surface area contributed by atoms with Crippen LogP contribution in [-0.2, 0) is 0 Å². The van der Waals surface area contributed by atoms with Crippen LogP contribution in [-0.4, -0.2) is 16.8 Å². The third-order valence-corrected chi connectivity index (χ3v) is 1.39. The molecule has 12 heavy (non-hydrogen) atoms. The van der Waals surface area contributed by atoms with Crippen molar-refractivity contribution < 1.29 is 4.74 Å². The molecule has 0 saturated carbocycles. The maximum Gasteiger partial charge on any atom is 0.264 e. The summed E-state index contributed by atoms with van der Waals surface area (Å²) in [6.45, 7) is 0.280. The normalized spacial score (nSPS) is 8.42. The Kier molecular flexibility index (Phi) is 3.60. The Morgan fingerprint density at radius 3 is 3.08 bits per heavy atom. The number of aromatic nitrogens is 2. The molecule has 1 N–H and O–H groups in total. The molecule has 1 rings (SSSR count). The van der Waals surface area contributed by atoms with E-state index in [1.54, 1.807) is 0 Å². The van der Waals surface area contributed by atoms with E-state index in [-0.39, 0.29) is 12.2 Å². The van der Waals surface area contributed by atoms with Crippen molar-refractivity contribution in [3.05, 3.63) is 22.5 Å². The Morgan fingerprint density at radius 2 is 2.50 bits per heavy atom. The second-order valence-corrected chi connectivity index (χ2v) is 2.36. The van der Waals surface area contributed by atoms with Crippen molar-refractivity contribution in [2.24, 2.45) is 0 Å². The first kappa shape index (κ1) is 9.06. The van der Waals surface area contributed by atoms with Gasteiger partial charge in [-0.15, -0.1) is 5.10 Å². The Morgan fingerprint density at radius 1 is 1.67 bits per heavy atom. The third-order valence-electron chi connectivity index (χ3n) is 1.01. The summed E-state index contributed by atoms with van der Waals surface area (Å²) in [5.41, 5.74) is -0.248. The zero-order valence-electron chi connectivity index (χ0n) is 6.00. The van der Waals surface area contributed by atoms with Crippen molar-refractivity contribution in [3.63, 3.8) is 0 Å². The van der Waals surface area contributed by atoms with Crippen LogP contribution in [0.25, 0.3) is 0 Å². The second kappa shape index (κ2) is 4.77. The summed E-state index contributed by atoms with van der Waals surface area (Å²) in [5, 5.41) is 5.87. The van der Waals surface area contributed by atoms with Crippen LogP contribution in [0.5, 0.6) is 5.88 Å². The van der Waals surface area contributed by atoms with Crippen LogP contribution in [0.4, 0.5) is 0 Å². The molecule has 0 spiro atoms. The maximum atomic E-state index is 10.5. The Labute approximate surface area is 82.5 Å². The molecule has 5 heteroatoms. The lowest BCUT2D eigenvalue weighted by Gasteiger charge is -1.96. The molecule has 0 aliphatic heterocycles. The molecule has 1 aromatic heterocycles. The zero-order chi connectivity index (χ0) is 8.81. The fourth-order valence-corrected chi connectivity index (χ4v) is 0.705. The Hall–Kier alpha value is -1.03. The minimum absolute atomic E-state index is 0.248. The summed E-state index contributed by atoms with van der Waals surface area (Å²) >= 11 is 1.92. The van der Waals surface area contributed by atoms with Crippen molar-refractivity contribution in [2.45, 2.75) is 0 Å². The maximum absolute atomic E-state index is 10.5. The van der Waals surface area contributed by atoms with Crippen LogP contribution in [0.15, 0.2) is 16.9 Å². The molecule has 0 aliphatic rings. The van der Waals surface area contributed by atoms with E-state index >= 15 is 0 Å². The lowest BCUT2D eigenvalue weighted by molar-refractivity contribution is 0.350. The number of nitrogens with one attached hydrogen (secondary N) is 1. The van der Waals surface area contributed by atoms with Crippen molar-refractivity contribution in [1.82, 2.24) is 10.2 Å². The number of nitrogens with zero attached hydrogens (tertiary/aromatic N) is 1. The summed E-state index contributed by atoms with van der Waals surface area (Å²) in [4.78, 5) is 10.5. The van der Waals surface area contributed by atoms with Crippen LogP contribution < -0.4 is 10.3 Å². The van der Waals surface area contributed by atoms with Gasteiger partial charge < -0.3 is 4.74 Å². The van der Waals surface area contributed by atoms with Gasteiger partial charge in [0.05, 0.1) is 0 Å². The van der Waals surface area contributed by atoms with Gasteiger partial charge in [0.15, 0.2) is 6.61 Å². The van der Waals surface area contributed by atoms with Crippen LogP contribution in [0.3, 0.4) is 0 Å². The molecule has 0 aliphatic carbocycles. The lowest BCUT2D eigenvalue weighted by atomic mass is 10.5. The van der Waals surface area contributed by atoms with E-state index < -0.39 is 0 Å². The molecule has 62 valence electrons. The number of aromatic amines is 1. The lowest BCUT2D eigenvalue weighted by Crippen LogP contribution is -2.07. The molecule has 1 heterocycles. The highest BCUT2D eigenvalue weighted by Crippen LogP contribution is 1.98. The highest BCUT2D eigenvalue weighted by Gasteiger charge is 1.91. The van der Waals surface area contributed by atoms with Gasteiger partial charge >= 0.3 is 0 Å². The highest BCUT2D eigenvalue weighted by atomic mass is 127. The first-order chi connectivity index (χ1) is 5.83. The van der Waals surface area contributed by atoms with Crippen molar-refractivity contribution in [2.75, 3.05) is 6.61 Å². The molecule has 4 nitrogen and oxygen atoms in total. The number of hydrogen-bond acceptors (Lipinski definition) is 3. The molecule has 0 radical (unpaired) electrons. The Bertz CT molecular complexity index is 343. The van der Waals surface area contributed by atoms with Gasteiger partial charge in [-0.1, -0.05) is 5.92 Å². The van der Waals surface area contributed by atoms with Gasteiger partial charge in [-0.25, -0.2) is 5.10 Å². The average molecular weight is 276 g/mol. The van der Waals surface area contributed by atoms with Crippen molar-refractivity contribution in [3.8, 4) is 15.7 Å². The average Bonchev–Trinajstić information content (AvgIpc) is 2.09. The molecular weight excluding hydrogens is 271 g/mol. The predicted octanol–water partition coefficient (Wildman–Crippen LogP) is 0.545. The van der Waals surface area contributed by atoms with E-state index in [0.717, 1.165) is 0 Å². The molecule has 0 bridgehead atoms. The number of ether oxygens (including phenoxy) is 1. The van der Waals surface area contributed by atoms with Crippen LogP contribution >= 0.6 is 22.6 Å². The summed E-state index contributed by atoms with van der Waals surface area (Å²) in [5.74, 6) is 3.06. The molecular formula is C7H5IN2O2. The van der Waals surface area contributed by atoms with Gasteiger partial charge in [0.1, 0.15) is 0 Å². The zero-order valence-corrected chi connectivity index (χ0v) is 8.16. The van der Waals surface area contributed by atoms with E-state index in [0.29, 0.717) is 5.88 Å². The molecule has 1 aromatic rings. The van der Waals surface area contributed by atoms with E-state index in [2.05, 4.69) is 20.0 Å². The number of rotatable bonds is 2. The van der Waals surface area contributed by atoms with Gasteiger partial charge in [0, 0.05) is 34.7 Å². The number of hydrogen-bond donors (Lipinski definition) is 1. The minimum Gasteiger partial charge on any atom is -0.463 e. The van der Waals surface area contributed by atoms with Gasteiger partial charge in [-0.3, -0.25) is 4.79 Å². The smallest absolute Gasteiger partial charge is 0.264 e. The Balaban J connectivity index is 2.57. The number of H-pyrrole nitrogens is 1. The van der Waals surface area contributed by atoms with Gasteiger partial charge in [-0.05, 0) is 3.93 Å². The molecule has 0 aromatic carbocycles. The van der Waals surface area contributed by atoms with Crippen molar-refractivity contribution in [1.29, 1.82) is 0 Å². The fraction of sp³-hybridized carbons (Fsp3) is 0.143. The van der Waals surface area contributed by atoms with Crippen molar-refractivity contribution >= 4 is 22.6 Å². The fourth-order valence-electron chi connectivity index (χ4n) is 0.549. The van der Waals surface area contributed by atoms with E-state index in [4.69, 9.17) is 4.74 Å². The second-order valence-electron chi connectivity index (χ2n) is 1.82. The summed E-state index contributed by atoms with van der Waals surface area (Å²) in [6, 6.07) is 2.84. The summed E-state index contributed by atoms with van der Waals surface area (Å²) in [7, 11) is 0. The van der Waals surface area contributed by atoms with Gasteiger partial charge in [0.2, 0.25) is 5.88 Å². The molecule has 0 unspecified atom stereocenters. The van der Waals surface area contributed by atoms with E-state index in [9.17, 15) is 4.79 Å². The van der Waals surface area contributed by atoms with E-state index in [1.807, 2.05) is 22.6 Å². The number of halogens is 1. The quantitative estimate of drug-likeness (QED) is 0.633. The third kappa shape index (κ3) is 2.92.